The number of aromatic nitrogens is 2. The molecule has 2 aromatic heterocycles. The summed E-state index contributed by atoms with van der Waals surface area (Å²) < 4.78 is 15.4. The highest BCUT2D eigenvalue weighted by molar-refractivity contribution is 7.14. The van der Waals surface area contributed by atoms with Gasteiger partial charge in [-0.25, -0.2) is 9.97 Å². The van der Waals surface area contributed by atoms with E-state index < -0.39 is 22.9 Å². The largest absolute Gasteiger partial charge is 0.481 e. The van der Waals surface area contributed by atoms with Crippen LogP contribution in [-0.4, -0.2) is 47.0 Å². The minimum Gasteiger partial charge on any atom is -0.481 e. The maximum absolute atomic E-state index is 15.4. The molecule has 1 N–H and O–H groups in total. The number of carboxylic acids is 1. The van der Waals surface area contributed by atoms with E-state index in [9.17, 15) is 19.5 Å². The highest BCUT2D eigenvalue weighted by Gasteiger charge is 2.29. The zero-order valence-corrected chi connectivity index (χ0v) is 22.1. The Bertz CT molecular complexity index is 1570. The van der Waals surface area contributed by atoms with E-state index in [2.05, 4.69) is 9.97 Å². The van der Waals surface area contributed by atoms with Gasteiger partial charge in [0, 0.05) is 37.0 Å². The molecule has 0 bridgehead atoms. The fourth-order valence-electron chi connectivity index (χ4n) is 4.75. The molecule has 1 aliphatic heterocycles. The van der Waals surface area contributed by atoms with Gasteiger partial charge in [0.05, 0.1) is 18.8 Å². The number of amides is 2. The van der Waals surface area contributed by atoms with Crippen molar-refractivity contribution >= 4 is 40.1 Å². The van der Waals surface area contributed by atoms with E-state index >= 15 is 4.39 Å². The van der Waals surface area contributed by atoms with Crippen LogP contribution in [0.25, 0.3) is 22.4 Å². The highest BCUT2D eigenvalue weighted by Crippen LogP contribution is 2.39. The number of anilines is 2. The van der Waals surface area contributed by atoms with Crippen molar-refractivity contribution in [1.82, 2.24) is 9.97 Å². The van der Waals surface area contributed by atoms with Gasteiger partial charge in [-0.3, -0.25) is 24.2 Å². The van der Waals surface area contributed by atoms with Crippen LogP contribution in [0.3, 0.4) is 0 Å². The number of rotatable bonds is 8. The fraction of sp³-hybridized carbons (Fsp3) is 0.207. The molecule has 0 fully saturated rings. The van der Waals surface area contributed by atoms with Gasteiger partial charge in [-0.15, -0.1) is 0 Å². The summed E-state index contributed by atoms with van der Waals surface area (Å²) in [7, 11) is 3.16. The topological polar surface area (TPSA) is 104 Å². The SMILES string of the molecule is CN(C(=O)C(CC(=O)O)Cc1ccccc1)c1nc(-c2ccccc2-c2cnc3c(c2)CC(=O)N3C)c(F)s1. The Kier molecular flexibility index (Phi) is 7.21. The van der Waals surface area contributed by atoms with Crippen LogP contribution in [0.4, 0.5) is 15.3 Å². The molecular weight excluding hydrogens is 519 g/mol. The molecule has 2 aromatic carbocycles. The lowest BCUT2D eigenvalue weighted by Gasteiger charge is -2.21. The second kappa shape index (κ2) is 10.7. The number of carboxylic acid groups (broad SMARTS) is 1. The lowest BCUT2D eigenvalue weighted by molar-refractivity contribution is -0.140. The van der Waals surface area contributed by atoms with Gasteiger partial charge in [-0.2, -0.15) is 4.39 Å². The minimum atomic E-state index is -1.09. The predicted octanol–water partition coefficient (Wildman–Crippen LogP) is 4.83. The van der Waals surface area contributed by atoms with Gasteiger partial charge in [-0.1, -0.05) is 65.9 Å². The number of nitrogens with zero attached hydrogens (tertiary/aromatic N) is 4. The van der Waals surface area contributed by atoms with E-state index in [4.69, 9.17) is 0 Å². The third-order valence-electron chi connectivity index (χ3n) is 6.76. The molecule has 3 heterocycles. The molecule has 0 radical (unpaired) electrons. The molecule has 2 amide bonds. The molecule has 0 saturated carbocycles. The van der Waals surface area contributed by atoms with E-state index in [1.807, 2.05) is 48.5 Å². The zero-order chi connectivity index (χ0) is 27.7. The van der Waals surface area contributed by atoms with Gasteiger partial charge < -0.3 is 5.11 Å². The van der Waals surface area contributed by atoms with Gasteiger partial charge >= 0.3 is 5.97 Å². The Morgan fingerprint density at radius 1 is 1.13 bits per heavy atom. The number of pyridine rings is 1. The molecule has 39 heavy (non-hydrogen) atoms. The van der Waals surface area contributed by atoms with Crippen molar-refractivity contribution in [2.24, 2.45) is 5.92 Å². The van der Waals surface area contributed by atoms with E-state index in [0.29, 0.717) is 16.9 Å². The van der Waals surface area contributed by atoms with Crippen LogP contribution >= 0.6 is 11.3 Å². The number of hydrogen-bond donors (Lipinski definition) is 1. The molecule has 0 saturated heterocycles. The third-order valence-corrected chi connectivity index (χ3v) is 7.68. The highest BCUT2D eigenvalue weighted by atomic mass is 32.1. The third kappa shape index (κ3) is 5.28. The summed E-state index contributed by atoms with van der Waals surface area (Å²) in [4.78, 5) is 48.6. The number of likely N-dealkylation sites (N-methyl/N-ethyl adjacent to an activating group) is 1. The number of aliphatic carboxylic acids is 1. The van der Waals surface area contributed by atoms with E-state index in [1.54, 1.807) is 25.4 Å². The molecule has 4 aromatic rings. The van der Waals surface area contributed by atoms with Crippen LogP contribution in [0.2, 0.25) is 0 Å². The lowest BCUT2D eigenvalue weighted by Crippen LogP contribution is -2.35. The number of halogens is 1. The Labute approximate surface area is 228 Å². The molecule has 5 rings (SSSR count). The number of hydrogen-bond acceptors (Lipinski definition) is 6. The van der Waals surface area contributed by atoms with E-state index in [-0.39, 0.29) is 36.0 Å². The summed E-state index contributed by atoms with van der Waals surface area (Å²) in [6, 6.07) is 18.2. The summed E-state index contributed by atoms with van der Waals surface area (Å²) in [5, 5.41) is 8.98. The van der Waals surface area contributed by atoms with Crippen LogP contribution < -0.4 is 9.80 Å². The number of fused-ring (bicyclic) bond motifs is 1. The van der Waals surface area contributed by atoms with Gasteiger partial charge in [0.15, 0.2) is 5.13 Å². The fourth-order valence-corrected chi connectivity index (χ4v) is 5.52. The summed E-state index contributed by atoms with van der Waals surface area (Å²) in [6.45, 7) is 0. The molecule has 198 valence electrons. The number of benzene rings is 2. The second-order valence-electron chi connectivity index (χ2n) is 9.38. The first-order chi connectivity index (χ1) is 18.7. The van der Waals surface area contributed by atoms with Gasteiger partial charge in [0.2, 0.25) is 16.9 Å². The second-order valence-corrected chi connectivity index (χ2v) is 10.3. The average Bonchev–Trinajstić information content (AvgIpc) is 3.46. The number of carbonyl (C=O) groups is 3. The first-order valence-electron chi connectivity index (χ1n) is 12.3. The van der Waals surface area contributed by atoms with Gasteiger partial charge in [0.1, 0.15) is 11.5 Å². The zero-order valence-electron chi connectivity index (χ0n) is 21.3. The summed E-state index contributed by atoms with van der Waals surface area (Å²) in [5.74, 6) is -1.81. The van der Waals surface area contributed by atoms with Crippen molar-refractivity contribution in [1.29, 1.82) is 0 Å². The first-order valence-corrected chi connectivity index (χ1v) is 13.1. The van der Waals surface area contributed by atoms with Gasteiger partial charge in [-0.05, 0) is 23.6 Å². The molecule has 10 heteroatoms. The van der Waals surface area contributed by atoms with Crippen molar-refractivity contribution < 1.29 is 23.9 Å². The van der Waals surface area contributed by atoms with E-state index in [0.717, 1.165) is 28.0 Å². The molecule has 0 spiro atoms. The monoisotopic (exact) mass is 544 g/mol. The van der Waals surface area contributed by atoms with Crippen molar-refractivity contribution in [2.45, 2.75) is 19.3 Å². The van der Waals surface area contributed by atoms with Crippen LogP contribution in [0, 0.1) is 11.0 Å². The Morgan fingerprint density at radius 2 is 1.82 bits per heavy atom. The maximum atomic E-state index is 15.4. The Hall–Kier alpha value is -4.44. The lowest BCUT2D eigenvalue weighted by atomic mass is 9.95. The molecule has 1 aliphatic rings. The van der Waals surface area contributed by atoms with Crippen molar-refractivity contribution in [3.63, 3.8) is 0 Å². The van der Waals surface area contributed by atoms with Crippen LogP contribution in [0.15, 0.2) is 66.9 Å². The van der Waals surface area contributed by atoms with E-state index in [1.165, 1.54) is 16.8 Å². The standard InChI is InChI=1S/C29H25FN4O4S/c1-33-23(35)14-18-13-20(16-31-27(18)33)21-10-6-7-11-22(21)25-26(30)39-29(32-25)34(2)28(38)19(15-24(36)37)12-17-8-4-3-5-9-17/h3-11,13,16,19H,12,14-15H2,1-2H3,(H,36,37). The molecular formula is C29H25FN4O4S. The van der Waals surface area contributed by atoms with Crippen LogP contribution in [-0.2, 0) is 27.2 Å². The molecule has 1 unspecified atom stereocenters. The molecule has 0 aliphatic carbocycles. The number of thiazole rings is 1. The minimum absolute atomic E-state index is 0.0423. The van der Waals surface area contributed by atoms with Crippen molar-refractivity contribution in [3.8, 4) is 22.4 Å². The van der Waals surface area contributed by atoms with Crippen LogP contribution in [0.1, 0.15) is 17.5 Å². The summed E-state index contributed by atoms with van der Waals surface area (Å²) in [6.07, 6.45) is 1.78. The van der Waals surface area contributed by atoms with Crippen LogP contribution in [0.5, 0.6) is 0 Å². The Balaban J connectivity index is 1.45. The molecule has 1 atom stereocenters. The first kappa shape index (κ1) is 26.2. The summed E-state index contributed by atoms with van der Waals surface area (Å²) >= 11 is 0.726. The van der Waals surface area contributed by atoms with Crippen molar-refractivity contribution in [3.05, 3.63) is 83.1 Å². The number of carbonyl (C=O) groups excluding carboxylic acids is 2. The average molecular weight is 545 g/mol. The predicted molar refractivity (Wildman–Crippen MR) is 147 cm³/mol. The van der Waals surface area contributed by atoms with Crippen molar-refractivity contribution in [2.75, 3.05) is 23.9 Å². The quantitative estimate of drug-likeness (QED) is 0.341. The smallest absolute Gasteiger partial charge is 0.304 e. The Morgan fingerprint density at radius 3 is 2.54 bits per heavy atom. The molecule has 8 nitrogen and oxygen atoms in total. The summed E-state index contributed by atoms with van der Waals surface area (Å²) in [5.41, 5.74) is 3.63. The van der Waals surface area contributed by atoms with Gasteiger partial charge in [0.25, 0.3) is 0 Å². The maximum Gasteiger partial charge on any atom is 0.304 e. The normalized spacial score (nSPS) is 13.3.